The quantitative estimate of drug-likeness (QED) is 0.868. The third-order valence-corrected chi connectivity index (χ3v) is 3.31. The third-order valence-electron chi connectivity index (χ3n) is 3.31. The number of hydrogen-bond donors (Lipinski definition) is 1. The Morgan fingerprint density at radius 2 is 1.85 bits per heavy atom. The summed E-state index contributed by atoms with van der Waals surface area (Å²) in [5.74, 6) is -0.833. The van der Waals surface area contributed by atoms with E-state index in [9.17, 15) is 9.18 Å². The second-order valence-electron chi connectivity index (χ2n) is 5.10. The Morgan fingerprint density at radius 3 is 2.45 bits per heavy atom. The Hall–Kier alpha value is -2.00. The first kappa shape index (κ1) is 14.4. The molecule has 0 saturated heterocycles. The van der Waals surface area contributed by atoms with E-state index in [4.69, 9.17) is 5.73 Å². The number of nitrogens with two attached hydrogens (primary N) is 1. The molecule has 20 heavy (non-hydrogen) atoms. The number of hydrogen-bond acceptors (Lipinski definition) is 2. The van der Waals surface area contributed by atoms with Gasteiger partial charge in [0.05, 0.1) is 11.6 Å². The van der Waals surface area contributed by atoms with Crippen molar-refractivity contribution in [3.8, 4) is 0 Å². The van der Waals surface area contributed by atoms with Crippen LogP contribution in [0, 0.1) is 19.7 Å². The topological polar surface area (TPSA) is 43.1 Å². The number of carbonyl (C=O) groups excluding carboxylic acids is 1. The van der Waals surface area contributed by atoms with Crippen molar-refractivity contribution in [1.29, 1.82) is 0 Å². The number of aryl methyl sites for hydroxylation is 2. The Balaban J connectivity index is 2.23. The first-order valence-corrected chi connectivity index (χ1v) is 6.59. The molecule has 0 amide bonds. The third kappa shape index (κ3) is 3.11. The lowest BCUT2D eigenvalue weighted by Gasteiger charge is -2.14. The van der Waals surface area contributed by atoms with Crippen LogP contribution in [0.25, 0.3) is 0 Å². The van der Waals surface area contributed by atoms with E-state index in [0.717, 1.165) is 11.1 Å². The fraction of sp³-hybridized carbons (Fsp3) is 0.235. The smallest absolute Gasteiger partial charge is 0.183 e. The Labute approximate surface area is 118 Å². The van der Waals surface area contributed by atoms with E-state index < -0.39 is 11.9 Å². The maximum absolute atomic E-state index is 14.0. The van der Waals surface area contributed by atoms with Gasteiger partial charge < -0.3 is 5.73 Å². The molecule has 0 spiro atoms. The van der Waals surface area contributed by atoms with Crippen LogP contribution in [-0.2, 0) is 6.42 Å². The average Bonchev–Trinajstić information content (AvgIpc) is 2.38. The molecule has 0 aliphatic rings. The molecule has 0 aliphatic heterocycles. The van der Waals surface area contributed by atoms with Crippen molar-refractivity contribution in [3.63, 3.8) is 0 Å². The minimum Gasteiger partial charge on any atom is -0.321 e. The lowest BCUT2D eigenvalue weighted by Crippen LogP contribution is -2.33. The predicted octanol–water partition coefficient (Wildman–Crippen LogP) is 3.20. The van der Waals surface area contributed by atoms with Crippen molar-refractivity contribution >= 4 is 5.78 Å². The number of rotatable bonds is 4. The summed E-state index contributed by atoms with van der Waals surface area (Å²) in [6.07, 6.45) is 0.409. The van der Waals surface area contributed by atoms with Crippen LogP contribution in [0.2, 0.25) is 0 Å². The van der Waals surface area contributed by atoms with Crippen LogP contribution < -0.4 is 5.73 Å². The first-order chi connectivity index (χ1) is 9.49. The summed E-state index contributed by atoms with van der Waals surface area (Å²) in [6.45, 7) is 3.53. The van der Waals surface area contributed by atoms with Gasteiger partial charge in [-0.3, -0.25) is 4.79 Å². The van der Waals surface area contributed by atoms with Crippen LogP contribution in [-0.4, -0.2) is 11.8 Å². The van der Waals surface area contributed by atoms with E-state index in [1.165, 1.54) is 6.07 Å². The Morgan fingerprint density at radius 1 is 1.20 bits per heavy atom. The second-order valence-corrected chi connectivity index (χ2v) is 5.10. The molecule has 2 aromatic rings. The number of carbonyl (C=O) groups is 1. The zero-order valence-electron chi connectivity index (χ0n) is 11.7. The lowest BCUT2D eigenvalue weighted by molar-refractivity contribution is 0.0956. The molecule has 2 nitrogen and oxygen atoms in total. The van der Waals surface area contributed by atoms with E-state index in [1.807, 2.05) is 30.3 Å². The average molecular weight is 271 g/mol. The van der Waals surface area contributed by atoms with Gasteiger partial charge in [0.15, 0.2) is 5.78 Å². The molecule has 2 N–H and O–H groups in total. The second kappa shape index (κ2) is 5.97. The van der Waals surface area contributed by atoms with Crippen LogP contribution in [0.15, 0.2) is 42.5 Å². The molecule has 0 fully saturated rings. The minimum atomic E-state index is -0.728. The number of Topliss-reactive ketones (excluding diaryl/α,β-unsaturated/α-hetero) is 1. The van der Waals surface area contributed by atoms with E-state index in [-0.39, 0.29) is 11.3 Å². The Bertz CT molecular complexity index is 599. The monoisotopic (exact) mass is 271 g/mol. The van der Waals surface area contributed by atoms with Crippen LogP contribution in [0.4, 0.5) is 4.39 Å². The van der Waals surface area contributed by atoms with Gasteiger partial charge in [0.2, 0.25) is 0 Å². The highest BCUT2D eigenvalue weighted by Gasteiger charge is 2.21. The molecule has 1 atom stereocenters. The number of halogens is 1. The maximum Gasteiger partial charge on any atom is 0.183 e. The number of benzene rings is 2. The molecular formula is C17H18FNO. The normalized spacial score (nSPS) is 12.2. The van der Waals surface area contributed by atoms with Crippen LogP contribution in [0.3, 0.4) is 0 Å². The van der Waals surface area contributed by atoms with Crippen molar-refractivity contribution < 1.29 is 9.18 Å². The molecule has 1 unspecified atom stereocenters. The lowest BCUT2D eigenvalue weighted by atomic mass is 9.94. The van der Waals surface area contributed by atoms with E-state index in [1.54, 1.807) is 19.9 Å². The zero-order chi connectivity index (χ0) is 14.7. The van der Waals surface area contributed by atoms with E-state index in [0.29, 0.717) is 12.0 Å². The standard InChI is InChI=1S/C17H18FNO/c1-11-8-12(2)16(14(18)9-11)17(20)15(19)10-13-6-4-3-5-7-13/h3-9,15H,10,19H2,1-2H3. The number of ketones is 1. The molecule has 0 aromatic heterocycles. The molecular weight excluding hydrogens is 253 g/mol. The summed E-state index contributed by atoms with van der Waals surface area (Å²) < 4.78 is 14.0. The molecule has 0 saturated carbocycles. The predicted molar refractivity (Wildman–Crippen MR) is 78.3 cm³/mol. The molecule has 2 aromatic carbocycles. The van der Waals surface area contributed by atoms with Gasteiger partial charge in [-0.25, -0.2) is 4.39 Å². The van der Waals surface area contributed by atoms with E-state index in [2.05, 4.69) is 0 Å². The molecule has 0 heterocycles. The van der Waals surface area contributed by atoms with Gasteiger partial charge >= 0.3 is 0 Å². The van der Waals surface area contributed by atoms with Crippen LogP contribution in [0.5, 0.6) is 0 Å². The van der Waals surface area contributed by atoms with Crippen molar-refractivity contribution in [1.82, 2.24) is 0 Å². The molecule has 3 heteroatoms. The summed E-state index contributed by atoms with van der Waals surface area (Å²) in [5, 5.41) is 0. The summed E-state index contributed by atoms with van der Waals surface area (Å²) in [5.41, 5.74) is 8.46. The van der Waals surface area contributed by atoms with E-state index >= 15 is 0 Å². The summed E-state index contributed by atoms with van der Waals surface area (Å²) in [6, 6.07) is 11.9. The summed E-state index contributed by atoms with van der Waals surface area (Å²) in [7, 11) is 0. The van der Waals surface area contributed by atoms with Crippen molar-refractivity contribution in [3.05, 3.63) is 70.5 Å². The maximum atomic E-state index is 14.0. The highest BCUT2D eigenvalue weighted by atomic mass is 19.1. The van der Waals surface area contributed by atoms with Gasteiger partial charge in [-0.05, 0) is 43.0 Å². The molecule has 104 valence electrons. The van der Waals surface area contributed by atoms with Gasteiger partial charge in [-0.15, -0.1) is 0 Å². The highest BCUT2D eigenvalue weighted by molar-refractivity contribution is 6.01. The van der Waals surface area contributed by atoms with Gasteiger partial charge in [0.25, 0.3) is 0 Å². The van der Waals surface area contributed by atoms with Gasteiger partial charge in [0.1, 0.15) is 5.82 Å². The van der Waals surface area contributed by atoms with Crippen LogP contribution in [0.1, 0.15) is 27.0 Å². The largest absolute Gasteiger partial charge is 0.321 e. The van der Waals surface area contributed by atoms with Crippen molar-refractivity contribution in [2.75, 3.05) is 0 Å². The van der Waals surface area contributed by atoms with Crippen LogP contribution >= 0.6 is 0 Å². The fourth-order valence-corrected chi connectivity index (χ4v) is 2.37. The molecule has 0 bridgehead atoms. The highest BCUT2D eigenvalue weighted by Crippen LogP contribution is 2.18. The summed E-state index contributed by atoms with van der Waals surface area (Å²) in [4.78, 5) is 12.3. The SMILES string of the molecule is Cc1cc(C)c(C(=O)C(N)Cc2ccccc2)c(F)c1. The summed E-state index contributed by atoms with van der Waals surface area (Å²) >= 11 is 0. The van der Waals surface area contributed by atoms with Crippen molar-refractivity contribution in [2.45, 2.75) is 26.3 Å². The Kier molecular flexibility index (Phi) is 4.30. The first-order valence-electron chi connectivity index (χ1n) is 6.59. The van der Waals surface area contributed by atoms with Gasteiger partial charge in [0, 0.05) is 0 Å². The molecule has 2 rings (SSSR count). The molecule has 0 radical (unpaired) electrons. The zero-order valence-corrected chi connectivity index (χ0v) is 11.7. The van der Waals surface area contributed by atoms with Crippen molar-refractivity contribution in [2.24, 2.45) is 5.73 Å². The minimum absolute atomic E-state index is 0.110. The fourth-order valence-electron chi connectivity index (χ4n) is 2.37. The van der Waals surface area contributed by atoms with Gasteiger partial charge in [-0.1, -0.05) is 36.4 Å². The van der Waals surface area contributed by atoms with Gasteiger partial charge in [-0.2, -0.15) is 0 Å². The molecule has 0 aliphatic carbocycles.